The molecule has 1 fully saturated rings. The zero-order chi connectivity index (χ0) is 12.4. The van der Waals surface area contributed by atoms with Crippen LogP contribution in [-0.2, 0) is 0 Å². The molecule has 1 amide bonds. The Kier molecular flexibility index (Phi) is 3.05. The summed E-state index contributed by atoms with van der Waals surface area (Å²) in [6, 6.07) is 0. The minimum Gasteiger partial charge on any atom is -0.382 e. The first-order valence-corrected chi connectivity index (χ1v) is 5.66. The molecule has 0 atom stereocenters. The lowest BCUT2D eigenvalue weighted by molar-refractivity contribution is 0.0770. The molecule has 3 N–H and O–H groups in total. The van der Waals surface area contributed by atoms with Crippen molar-refractivity contribution in [1.82, 2.24) is 15.1 Å². The number of rotatable bonds is 4. The van der Waals surface area contributed by atoms with E-state index in [-0.39, 0.29) is 11.7 Å². The highest BCUT2D eigenvalue weighted by Gasteiger charge is 2.29. The number of hydrogen-bond acceptors (Lipinski definition) is 3. The lowest BCUT2D eigenvalue weighted by Gasteiger charge is -2.19. The Bertz CT molecular complexity index is 448. The van der Waals surface area contributed by atoms with Crippen molar-refractivity contribution < 1.29 is 4.79 Å². The molecule has 0 unspecified atom stereocenters. The van der Waals surface area contributed by atoms with Crippen molar-refractivity contribution >= 4 is 11.7 Å². The highest BCUT2D eigenvalue weighted by Crippen LogP contribution is 2.30. The second-order valence-corrected chi connectivity index (χ2v) is 4.44. The van der Waals surface area contributed by atoms with E-state index in [4.69, 9.17) is 12.2 Å². The first-order chi connectivity index (χ1) is 8.13. The number of aryl methyl sites for hydroxylation is 1. The smallest absolute Gasteiger partial charge is 0.260 e. The summed E-state index contributed by atoms with van der Waals surface area (Å²) in [5, 5.41) is 6.54. The van der Waals surface area contributed by atoms with Gasteiger partial charge in [-0.1, -0.05) is 5.92 Å². The quantitative estimate of drug-likeness (QED) is 0.753. The van der Waals surface area contributed by atoms with E-state index in [1.54, 1.807) is 11.8 Å². The molecular weight excluding hydrogens is 216 g/mol. The lowest BCUT2D eigenvalue weighted by Crippen LogP contribution is -2.34. The number of aromatic nitrogens is 2. The molecule has 5 heteroatoms. The molecule has 1 aromatic rings. The third-order valence-electron chi connectivity index (χ3n) is 2.93. The summed E-state index contributed by atoms with van der Waals surface area (Å²) in [5.74, 6) is 3.23. The Morgan fingerprint density at radius 2 is 2.41 bits per heavy atom. The molecule has 1 aliphatic rings. The molecule has 2 rings (SSSR count). The van der Waals surface area contributed by atoms with E-state index in [0.717, 1.165) is 0 Å². The van der Waals surface area contributed by atoms with E-state index in [2.05, 4.69) is 16.1 Å². The maximum Gasteiger partial charge on any atom is 0.260 e. The summed E-state index contributed by atoms with van der Waals surface area (Å²) >= 11 is 0. The normalized spacial score (nSPS) is 14.4. The molecule has 0 spiro atoms. The number of H-pyrrole nitrogens is 1. The largest absolute Gasteiger partial charge is 0.382 e. The highest BCUT2D eigenvalue weighted by atomic mass is 16.2. The van der Waals surface area contributed by atoms with Crippen molar-refractivity contribution in [1.29, 1.82) is 0 Å². The second kappa shape index (κ2) is 4.50. The Labute approximate surface area is 100 Å². The maximum atomic E-state index is 12.3. The van der Waals surface area contributed by atoms with Crippen molar-refractivity contribution in [2.75, 3.05) is 18.8 Å². The van der Waals surface area contributed by atoms with Crippen LogP contribution in [0.1, 0.15) is 28.9 Å². The number of anilines is 1. The predicted molar refractivity (Wildman–Crippen MR) is 65.2 cm³/mol. The van der Waals surface area contributed by atoms with Gasteiger partial charge in [-0.05, 0) is 25.7 Å². The van der Waals surface area contributed by atoms with Crippen LogP contribution >= 0.6 is 0 Å². The maximum absolute atomic E-state index is 12.3. The first-order valence-electron chi connectivity index (χ1n) is 5.66. The first kappa shape index (κ1) is 11.5. The molecule has 0 aromatic carbocycles. The molecule has 1 aromatic heterocycles. The number of carbonyl (C=O) groups excluding carboxylic acids is 1. The summed E-state index contributed by atoms with van der Waals surface area (Å²) in [6.45, 7) is 2.81. The van der Waals surface area contributed by atoms with Crippen LogP contribution < -0.4 is 5.73 Å². The van der Waals surface area contributed by atoms with Gasteiger partial charge in [-0.25, -0.2) is 0 Å². The Morgan fingerprint density at radius 1 is 1.71 bits per heavy atom. The number of terminal acetylenes is 1. The molecular formula is C12H16N4O. The fourth-order valence-corrected chi connectivity index (χ4v) is 1.82. The predicted octanol–water partition coefficient (Wildman–Crippen LogP) is 0.786. The average molecular weight is 232 g/mol. The standard InChI is InChI=1S/C12H16N4O/c1-3-6-16(7-9-4-5-9)12(17)10-8(2)14-15-11(10)13/h1,9H,4-7H2,2H3,(H3,13,14,15). The molecule has 90 valence electrons. The van der Waals surface area contributed by atoms with Gasteiger partial charge in [0.2, 0.25) is 0 Å². The number of aromatic amines is 1. The SMILES string of the molecule is C#CCN(CC1CC1)C(=O)c1c(N)n[nH]c1C. The van der Waals surface area contributed by atoms with Crippen LogP contribution in [0.25, 0.3) is 0 Å². The fraction of sp³-hybridized carbons (Fsp3) is 0.500. The van der Waals surface area contributed by atoms with Crippen LogP contribution in [0.4, 0.5) is 5.82 Å². The van der Waals surface area contributed by atoms with Gasteiger partial charge >= 0.3 is 0 Å². The number of nitrogens with zero attached hydrogens (tertiary/aromatic N) is 2. The lowest BCUT2D eigenvalue weighted by atomic mass is 10.2. The van der Waals surface area contributed by atoms with Crippen molar-refractivity contribution in [2.24, 2.45) is 5.92 Å². The molecule has 1 aliphatic carbocycles. The van der Waals surface area contributed by atoms with Crippen molar-refractivity contribution in [2.45, 2.75) is 19.8 Å². The number of nitrogens with two attached hydrogens (primary N) is 1. The molecule has 1 saturated carbocycles. The molecule has 0 radical (unpaired) electrons. The van der Waals surface area contributed by atoms with Gasteiger partial charge in [0.15, 0.2) is 5.82 Å². The topological polar surface area (TPSA) is 75.0 Å². The van der Waals surface area contributed by atoms with E-state index in [9.17, 15) is 4.79 Å². The summed E-state index contributed by atoms with van der Waals surface area (Å²) in [6.07, 6.45) is 7.64. The zero-order valence-corrected chi connectivity index (χ0v) is 9.86. The third kappa shape index (κ3) is 2.41. The fourth-order valence-electron chi connectivity index (χ4n) is 1.82. The van der Waals surface area contributed by atoms with Crippen molar-refractivity contribution in [3.63, 3.8) is 0 Å². The summed E-state index contributed by atoms with van der Waals surface area (Å²) in [4.78, 5) is 14.0. The number of nitrogens with one attached hydrogen (secondary N) is 1. The van der Waals surface area contributed by atoms with Crippen LogP contribution in [-0.4, -0.2) is 34.1 Å². The van der Waals surface area contributed by atoms with Gasteiger partial charge in [-0.3, -0.25) is 9.89 Å². The van der Waals surface area contributed by atoms with Crippen LogP contribution in [0, 0.1) is 25.2 Å². The van der Waals surface area contributed by atoms with Crippen LogP contribution in [0.15, 0.2) is 0 Å². The zero-order valence-electron chi connectivity index (χ0n) is 9.86. The molecule has 17 heavy (non-hydrogen) atoms. The number of hydrogen-bond donors (Lipinski definition) is 2. The molecule has 0 aliphatic heterocycles. The van der Waals surface area contributed by atoms with Crippen molar-refractivity contribution in [3.05, 3.63) is 11.3 Å². The summed E-state index contributed by atoms with van der Waals surface area (Å²) in [5.41, 5.74) is 6.81. The number of amides is 1. The van der Waals surface area contributed by atoms with E-state index < -0.39 is 0 Å². The average Bonchev–Trinajstić information content (AvgIpc) is 3.04. The Morgan fingerprint density at radius 3 is 2.88 bits per heavy atom. The minimum atomic E-state index is -0.126. The number of nitrogen functional groups attached to an aromatic ring is 1. The monoisotopic (exact) mass is 232 g/mol. The summed E-state index contributed by atoms with van der Waals surface area (Å²) in [7, 11) is 0. The molecule has 1 heterocycles. The molecule has 0 bridgehead atoms. The molecule has 5 nitrogen and oxygen atoms in total. The summed E-state index contributed by atoms with van der Waals surface area (Å²) < 4.78 is 0. The highest BCUT2D eigenvalue weighted by molar-refractivity contribution is 5.99. The van der Waals surface area contributed by atoms with Crippen LogP contribution in [0.3, 0.4) is 0 Å². The van der Waals surface area contributed by atoms with E-state index in [1.165, 1.54) is 12.8 Å². The van der Waals surface area contributed by atoms with Gasteiger partial charge in [-0.2, -0.15) is 5.10 Å². The number of carbonyl (C=O) groups is 1. The van der Waals surface area contributed by atoms with E-state index in [0.29, 0.717) is 30.3 Å². The second-order valence-electron chi connectivity index (χ2n) is 4.44. The Hall–Kier alpha value is -1.96. The van der Waals surface area contributed by atoms with Gasteiger partial charge in [0.1, 0.15) is 5.56 Å². The van der Waals surface area contributed by atoms with Crippen LogP contribution in [0.2, 0.25) is 0 Å². The van der Waals surface area contributed by atoms with Crippen LogP contribution in [0.5, 0.6) is 0 Å². The minimum absolute atomic E-state index is 0.126. The third-order valence-corrected chi connectivity index (χ3v) is 2.93. The van der Waals surface area contributed by atoms with Gasteiger partial charge in [-0.15, -0.1) is 6.42 Å². The molecule has 0 saturated heterocycles. The van der Waals surface area contributed by atoms with Crippen molar-refractivity contribution in [3.8, 4) is 12.3 Å². The van der Waals surface area contributed by atoms with Gasteiger partial charge in [0, 0.05) is 12.2 Å². The van der Waals surface area contributed by atoms with Gasteiger partial charge in [0.25, 0.3) is 5.91 Å². The van der Waals surface area contributed by atoms with E-state index in [1.807, 2.05) is 0 Å². The Balaban J connectivity index is 2.17. The van der Waals surface area contributed by atoms with E-state index >= 15 is 0 Å². The van der Waals surface area contributed by atoms with Gasteiger partial charge < -0.3 is 10.6 Å². The van der Waals surface area contributed by atoms with Gasteiger partial charge in [0.05, 0.1) is 6.54 Å².